The third kappa shape index (κ3) is 5.21. The molecule has 32 heavy (non-hydrogen) atoms. The second-order valence-corrected chi connectivity index (χ2v) is 10.00. The topological polar surface area (TPSA) is 96.0 Å². The number of nitrogens with one attached hydrogen (secondary N) is 1. The molecular weight excluding hydrogens is 430 g/mol. The van der Waals surface area contributed by atoms with Crippen molar-refractivity contribution in [3.63, 3.8) is 0 Å². The predicted octanol–water partition coefficient (Wildman–Crippen LogP) is 2.88. The van der Waals surface area contributed by atoms with Gasteiger partial charge in [0.25, 0.3) is 5.91 Å². The molecule has 9 heteroatoms. The number of carbonyl (C=O) groups is 2. The first-order chi connectivity index (χ1) is 15.0. The van der Waals surface area contributed by atoms with E-state index in [1.54, 1.807) is 37.2 Å². The highest BCUT2D eigenvalue weighted by molar-refractivity contribution is 7.92. The van der Waals surface area contributed by atoms with Crippen LogP contribution in [-0.2, 0) is 26.0 Å². The minimum absolute atomic E-state index is 0.0548. The summed E-state index contributed by atoms with van der Waals surface area (Å²) in [5.41, 5.74) is 3.53. The van der Waals surface area contributed by atoms with Gasteiger partial charge in [0.05, 0.1) is 11.9 Å². The average Bonchev–Trinajstić information content (AvgIpc) is 2.69. The summed E-state index contributed by atoms with van der Waals surface area (Å²) >= 11 is 0. The molecule has 0 aliphatic carbocycles. The van der Waals surface area contributed by atoms with Crippen molar-refractivity contribution in [2.24, 2.45) is 0 Å². The SMILES string of the molecule is CC(=O)N1c2ccc(-c3cccc(NS(C)(=O)=O)c3)c(OCC(=O)N(C)C)c2CCC1C. The molecule has 2 amide bonds. The van der Waals surface area contributed by atoms with Crippen LogP contribution in [0.4, 0.5) is 11.4 Å². The van der Waals surface area contributed by atoms with Gasteiger partial charge < -0.3 is 14.5 Å². The standard InChI is InChI=1S/C23H29N3O5S/c1-15-9-10-20-21(26(15)16(2)27)12-11-19(23(20)31-14-22(28)25(3)4)17-7-6-8-18(13-17)24-32(5,29)30/h6-8,11-13,15,24H,9-10,14H2,1-5H3. The van der Waals surface area contributed by atoms with Crippen molar-refractivity contribution in [1.82, 2.24) is 4.90 Å². The van der Waals surface area contributed by atoms with Crippen molar-refractivity contribution in [3.05, 3.63) is 42.0 Å². The van der Waals surface area contributed by atoms with Gasteiger partial charge in [0.1, 0.15) is 5.75 Å². The third-order valence-corrected chi connectivity index (χ3v) is 6.01. The number of amides is 2. The number of nitrogens with zero attached hydrogens (tertiary/aromatic N) is 2. The summed E-state index contributed by atoms with van der Waals surface area (Å²) in [7, 11) is -0.112. The Hall–Kier alpha value is -3.07. The second-order valence-electron chi connectivity index (χ2n) is 8.25. The van der Waals surface area contributed by atoms with Crippen molar-refractivity contribution in [3.8, 4) is 16.9 Å². The van der Waals surface area contributed by atoms with E-state index in [1.807, 2.05) is 25.1 Å². The maximum Gasteiger partial charge on any atom is 0.259 e. The maximum absolute atomic E-state index is 12.3. The first-order valence-corrected chi connectivity index (χ1v) is 12.2. The number of carbonyl (C=O) groups excluding carboxylic acids is 2. The van der Waals surface area contributed by atoms with Gasteiger partial charge in [0, 0.05) is 43.9 Å². The molecule has 1 unspecified atom stereocenters. The fourth-order valence-electron chi connectivity index (χ4n) is 3.90. The highest BCUT2D eigenvalue weighted by Gasteiger charge is 2.30. The number of fused-ring (bicyclic) bond motifs is 1. The number of sulfonamides is 1. The molecular formula is C23H29N3O5S. The number of likely N-dealkylation sites (N-methyl/N-ethyl adjacent to an activating group) is 1. The van der Waals surface area contributed by atoms with Gasteiger partial charge in [-0.3, -0.25) is 14.3 Å². The molecule has 3 rings (SSSR count). The largest absolute Gasteiger partial charge is 0.483 e. The minimum atomic E-state index is -3.43. The second kappa shape index (κ2) is 9.20. The summed E-state index contributed by atoms with van der Waals surface area (Å²) in [6, 6.07) is 10.8. The van der Waals surface area contributed by atoms with Gasteiger partial charge in [-0.2, -0.15) is 0 Å². The molecule has 2 aromatic rings. The first kappa shape index (κ1) is 23.6. The molecule has 0 aromatic heterocycles. The monoisotopic (exact) mass is 459 g/mol. The van der Waals surface area contributed by atoms with E-state index in [4.69, 9.17) is 4.74 Å². The van der Waals surface area contributed by atoms with E-state index < -0.39 is 10.0 Å². The molecule has 1 N–H and O–H groups in total. The number of hydrogen-bond acceptors (Lipinski definition) is 5. The van der Waals surface area contributed by atoms with Crippen molar-refractivity contribution in [1.29, 1.82) is 0 Å². The van der Waals surface area contributed by atoms with Crippen LogP contribution in [0.15, 0.2) is 36.4 Å². The highest BCUT2D eigenvalue weighted by atomic mass is 32.2. The van der Waals surface area contributed by atoms with Crippen molar-refractivity contribution < 1.29 is 22.7 Å². The van der Waals surface area contributed by atoms with Crippen LogP contribution in [0.1, 0.15) is 25.8 Å². The number of ether oxygens (including phenoxy) is 1. The molecule has 0 radical (unpaired) electrons. The molecule has 0 fully saturated rings. The zero-order chi connectivity index (χ0) is 23.6. The molecule has 172 valence electrons. The zero-order valence-corrected chi connectivity index (χ0v) is 19.8. The lowest BCUT2D eigenvalue weighted by Gasteiger charge is -2.36. The number of benzene rings is 2. The normalized spacial score (nSPS) is 15.7. The Morgan fingerprint density at radius 1 is 1.22 bits per heavy atom. The molecule has 8 nitrogen and oxygen atoms in total. The zero-order valence-electron chi connectivity index (χ0n) is 19.0. The van der Waals surface area contributed by atoms with Gasteiger partial charge in [0.2, 0.25) is 15.9 Å². The van der Waals surface area contributed by atoms with Gasteiger partial charge in [-0.25, -0.2) is 8.42 Å². The third-order valence-electron chi connectivity index (χ3n) is 5.40. The Kier molecular flexibility index (Phi) is 6.78. The van der Waals surface area contributed by atoms with Crippen LogP contribution in [0.2, 0.25) is 0 Å². The summed E-state index contributed by atoms with van der Waals surface area (Å²) in [5.74, 6) is 0.293. The number of rotatable bonds is 6. The van der Waals surface area contributed by atoms with Gasteiger partial charge in [-0.05, 0) is 49.6 Å². The van der Waals surface area contributed by atoms with Gasteiger partial charge >= 0.3 is 0 Å². The minimum Gasteiger partial charge on any atom is -0.483 e. The van der Waals surface area contributed by atoms with E-state index in [0.717, 1.165) is 35.1 Å². The molecule has 0 spiro atoms. The fraction of sp³-hybridized carbons (Fsp3) is 0.391. The van der Waals surface area contributed by atoms with E-state index in [-0.39, 0.29) is 24.5 Å². The number of anilines is 2. The molecule has 1 aliphatic rings. The lowest BCUT2D eigenvalue weighted by molar-refractivity contribution is -0.130. The fourth-order valence-corrected chi connectivity index (χ4v) is 4.46. The molecule has 0 bridgehead atoms. The Labute approximate surface area is 189 Å². The maximum atomic E-state index is 12.3. The van der Waals surface area contributed by atoms with Crippen LogP contribution < -0.4 is 14.4 Å². The molecule has 1 heterocycles. The summed E-state index contributed by atoms with van der Waals surface area (Å²) in [6.45, 7) is 3.40. The van der Waals surface area contributed by atoms with Crippen molar-refractivity contribution >= 4 is 33.2 Å². The molecule has 1 atom stereocenters. The van der Waals surface area contributed by atoms with Crippen LogP contribution >= 0.6 is 0 Å². The van der Waals surface area contributed by atoms with Gasteiger partial charge in [-0.15, -0.1) is 0 Å². The van der Waals surface area contributed by atoms with Crippen LogP contribution in [0, 0.1) is 0 Å². The Morgan fingerprint density at radius 2 is 1.94 bits per heavy atom. The van der Waals surface area contributed by atoms with Gasteiger partial charge in [0.15, 0.2) is 6.61 Å². The summed E-state index contributed by atoms with van der Waals surface area (Å²) in [6.07, 6.45) is 2.56. The van der Waals surface area contributed by atoms with Crippen LogP contribution in [0.3, 0.4) is 0 Å². The van der Waals surface area contributed by atoms with Crippen LogP contribution in [0.5, 0.6) is 5.75 Å². The Bertz CT molecular complexity index is 1140. The summed E-state index contributed by atoms with van der Waals surface area (Å²) in [5, 5.41) is 0. The number of hydrogen-bond donors (Lipinski definition) is 1. The Balaban J connectivity index is 2.13. The van der Waals surface area contributed by atoms with Crippen molar-refractivity contribution in [2.75, 3.05) is 36.6 Å². The van der Waals surface area contributed by atoms with E-state index in [2.05, 4.69) is 4.72 Å². The van der Waals surface area contributed by atoms with E-state index in [1.165, 1.54) is 11.8 Å². The van der Waals surface area contributed by atoms with E-state index in [9.17, 15) is 18.0 Å². The Morgan fingerprint density at radius 3 is 2.56 bits per heavy atom. The lowest BCUT2D eigenvalue weighted by atomic mass is 9.91. The van der Waals surface area contributed by atoms with E-state index >= 15 is 0 Å². The lowest BCUT2D eigenvalue weighted by Crippen LogP contribution is -2.41. The highest BCUT2D eigenvalue weighted by Crippen LogP contribution is 2.43. The first-order valence-electron chi connectivity index (χ1n) is 10.3. The summed E-state index contributed by atoms with van der Waals surface area (Å²) in [4.78, 5) is 27.8. The smallest absolute Gasteiger partial charge is 0.259 e. The average molecular weight is 460 g/mol. The van der Waals surface area contributed by atoms with E-state index in [0.29, 0.717) is 17.9 Å². The molecule has 0 saturated heterocycles. The van der Waals surface area contributed by atoms with Crippen molar-refractivity contribution in [2.45, 2.75) is 32.7 Å². The quantitative estimate of drug-likeness (QED) is 0.717. The summed E-state index contributed by atoms with van der Waals surface area (Å²) < 4.78 is 31.9. The van der Waals surface area contributed by atoms with Crippen LogP contribution in [-0.4, -0.2) is 58.1 Å². The predicted molar refractivity (Wildman–Crippen MR) is 125 cm³/mol. The molecule has 1 aliphatic heterocycles. The van der Waals surface area contributed by atoms with Crippen LogP contribution in [0.25, 0.3) is 11.1 Å². The molecule has 2 aromatic carbocycles. The van der Waals surface area contributed by atoms with Gasteiger partial charge in [-0.1, -0.05) is 12.1 Å². The molecule has 0 saturated carbocycles.